The van der Waals surface area contributed by atoms with Crippen molar-refractivity contribution in [1.82, 2.24) is 39.7 Å². The number of hydrogen-bond acceptors (Lipinski definition) is 10. The molecule has 268 valence electrons. The second-order valence-electron chi connectivity index (χ2n) is 12.8. The summed E-state index contributed by atoms with van der Waals surface area (Å²) in [4.78, 5) is 33.2. The van der Waals surface area contributed by atoms with E-state index in [1.54, 1.807) is 10.9 Å². The third-order valence-corrected chi connectivity index (χ3v) is 8.88. The van der Waals surface area contributed by atoms with Gasteiger partial charge in [-0.05, 0) is 69.0 Å². The molecule has 2 aliphatic heterocycles. The second-order valence-corrected chi connectivity index (χ2v) is 12.8. The molecule has 51 heavy (non-hydrogen) atoms. The standard InChI is InChI=1S/C21H27N5O2.C16H18N4O.CH2O/c1-15-22-21(23-24(15)2)18-5-3-16(4-6-18)17-7-11-26(12-8-17)20(28)14-25-10-9-19(27)13-25;1-10(2)21-15-7-4-11(9-18-15)16-13-8-12(17-3)5-6-14(13)19-20-16;1-2/h3-7,19,27H,8-14H2,1-2H3;4-10,17H,1-3H3,(H,19,20);1H2/t19-;;/m0../s1. The van der Waals surface area contributed by atoms with E-state index >= 15 is 0 Å². The molecule has 7 rings (SSSR count). The summed E-state index contributed by atoms with van der Waals surface area (Å²) in [5.41, 5.74) is 7.39. The number of H-pyrrole nitrogens is 1. The fourth-order valence-electron chi connectivity index (χ4n) is 6.04. The molecule has 5 heterocycles. The largest absolute Gasteiger partial charge is 0.475 e. The van der Waals surface area contributed by atoms with Crippen LogP contribution in [0.15, 0.2) is 66.9 Å². The number of ether oxygens (including phenoxy) is 1. The van der Waals surface area contributed by atoms with Crippen molar-refractivity contribution in [1.29, 1.82) is 0 Å². The first-order valence-corrected chi connectivity index (χ1v) is 17.1. The monoisotopic (exact) mass is 693 g/mol. The van der Waals surface area contributed by atoms with Crippen molar-refractivity contribution in [2.45, 2.75) is 45.8 Å². The SMILES string of the molecule is C=O.CNc1ccc2[nH]nc(-c3ccc(OC(C)C)nc3)c2c1.Cc1nc(-c2ccc(C3=CCN(C(=O)CN4CC[C@H](O)C4)CC3)cc2)nn1C. The number of likely N-dealkylation sites (tertiary alicyclic amines) is 1. The number of amides is 1. The zero-order valence-corrected chi connectivity index (χ0v) is 30.0. The number of nitrogens with one attached hydrogen (secondary N) is 2. The lowest BCUT2D eigenvalue weighted by molar-refractivity contribution is -0.131. The van der Waals surface area contributed by atoms with Gasteiger partial charge in [0.25, 0.3) is 0 Å². The normalized spacial score (nSPS) is 15.9. The van der Waals surface area contributed by atoms with Crippen LogP contribution in [0.25, 0.3) is 39.1 Å². The van der Waals surface area contributed by atoms with E-state index in [4.69, 9.17) is 9.53 Å². The zero-order valence-electron chi connectivity index (χ0n) is 30.0. The van der Waals surface area contributed by atoms with Crippen LogP contribution in [0.4, 0.5) is 5.69 Å². The predicted molar refractivity (Wildman–Crippen MR) is 199 cm³/mol. The Morgan fingerprint density at radius 2 is 1.82 bits per heavy atom. The Bertz CT molecular complexity index is 1910. The average Bonchev–Trinajstić information content (AvgIpc) is 3.87. The lowest BCUT2D eigenvalue weighted by Gasteiger charge is -2.28. The van der Waals surface area contributed by atoms with Crippen LogP contribution >= 0.6 is 0 Å². The van der Waals surface area contributed by atoms with Gasteiger partial charge in [-0.3, -0.25) is 19.5 Å². The van der Waals surface area contributed by atoms with Crippen molar-refractivity contribution >= 4 is 34.9 Å². The van der Waals surface area contributed by atoms with Crippen molar-refractivity contribution in [3.05, 3.63) is 78.3 Å². The van der Waals surface area contributed by atoms with E-state index in [0.29, 0.717) is 25.5 Å². The van der Waals surface area contributed by atoms with Gasteiger partial charge in [-0.15, -0.1) is 0 Å². The highest BCUT2D eigenvalue weighted by Gasteiger charge is 2.25. The molecule has 2 aromatic carbocycles. The van der Waals surface area contributed by atoms with Crippen LogP contribution in [-0.4, -0.2) is 110 Å². The topological polar surface area (TPSA) is 154 Å². The molecule has 0 radical (unpaired) electrons. The molecule has 13 heteroatoms. The molecule has 3 N–H and O–H groups in total. The summed E-state index contributed by atoms with van der Waals surface area (Å²) in [7, 11) is 3.80. The smallest absolute Gasteiger partial charge is 0.237 e. The van der Waals surface area contributed by atoms with E-state index in [0.717, 1.165) is 71.0 Å². The summed E-state index contributed by atoms with van der Waals surface area (Å²) in [6.45, 7) is 11.1. The Morgan fingerprint density at radius 1 is 1.08 bits per heavy atom. The number of carbonyl (C=O) groups excluding carboxylic acids is 2. The van der Waals surface area contributed by atoms with Gasteiger partial charge in [-0.25, -0.2) is 9.97 Å². The van der Waals surface area contributed by atoms with Crippen molar-refractivity contribution in [2.75, 3.05) is 45.1 Å². The van der Waals surface area contributed by atoms with Crippen LogP contribution in [0.3, 0.4) is 0 Å². The molecule has 0 spiro atoms. The summed E-state index contributed by atoms with van der Waals surface area (Å²) in [5.74, 6) is 2.41. The molecule has 13 nitrogen and oxygen atoms in total. The third-order valence-electron chi connectivity index (χ3n) is 8.88. The third kappa shape index (κ3) is 9.24. The number of fused-ring (bicyclic) bond motifs is 1. The summed E-state index contributed by atoms with van der Waals surface area (Å²) in [6.07, 6.45) is 5.40. The minimum absolute atomic E-state index is 0.118. The average molecular weight is 694 g/mol. The fourth-order valence-corrected chi connectivity index (χ4v) is 6.04. The number of aromatic amines is 1. The van der Waals surface area contributed by atoms with E-state index in [2.05, 4.69) is 67.0 Å². The van der Waals surface area contributed by atoms with E-state index in [9.17, 15) is 9.90 Å². The number of hydrogen-bond donors (Lipinski definition) is 3. The molecule has 1 atom stereocenters. The number of rotatable bonds is 8. The number of anilines is 1. The van der Waals surface area contributed by atoms with E-state index in [-0.39, 0.29) is 18.1 Å². The van der Waals surface area contributed by atoms with E-state index in [1.165, 1.54) is 11.1 Å². The first kappa shape index (κ1) is 36.9. The van der Waals surface area contributed by atoms with Gasteiger partial charge >= 0.3 is 0 Å². The molecule has 0 aliphatic carbocycles. The molecular formula is C38H47N9O4. The van der Waals surface area contributed by atoms with E-state index in [1.807, 2.05) is 75.7 Å². The maximum absolute atomic E-state index is 12.5. The van der Waals surface area contributed by atoms with Gasteiger partial charge in [0.2, 0.25) is 11.8 Å². The summed E-state index contributed by atoms with van der Waals surface area (Å²) < 4.78 is 7.34. The molecule has 0 unspecified atom stereocenters. The molecule has 1 saturated heterocycles. The number of β-amino-alcohol motifs (C(OH)–C–C–N with tert-alkyl or cyclic N) is 1. The highest BCUT2D eigenvalue weighted by Crippen LogP contribution is 2.29. The minimum Gasteiger partial charge on any atom is -0.475 e. The maximum Gasteiger partial charge on any atom is 0.237 e. The quantitative estimate of drug-likeness (QED) is 0.208. The zero-order chi connectivity index (χ0) is 36.5. The van der Waals surface area contributed by atoms with Crippen LogP contribution < -0.4 is 10.1 Å². The van der Waals surface area contributed by atoms with Gasteiger partial charge in [0.15, 0.2) is 5.82 Å². The summed E-state index contributed by atoms with van der Waals surface area (Å²) >= 11 is 0. The highest BCUT2D eigenvalue weighted by atomic mass is 16.5. The summed E-state index contributed by atoms with van der Waals surface area (Å²) in [6, 6.07) is 18.3. The van der Waals surface area contributed by atoms with E-state index < -0.39 is 0 Å². The molecule has 1 fully saturated rings. The van der Waals surface area contributed by atoms with Gasteiger partial charge in [-0.2, -0.15) is 10.2 Å². The fraction of sp³-hybridized carbons (Fsp3) is 0.368. The lowest BCUT2D eigenvalue weighted by Crippen LogP contribution is -2.41. The van der Waals surface area contributed by atoms with Gasteiger partial charge in [0, 0.05) is 74.7 Å². The Morgan fingerprint density at radius 3 is 2.41 bits per heavy atom. The van der Waals surface area contributed by atoms with Crippen molar-refractivity contribution in [2.24, 2.45) is 7.05 Å². The molecule has 5 aromatic rings. The number of aliphatic hydroxyl groups excluding tert-OH is 1. The molecule has 2 aliphatic rings. The molecule has 3 aromatic heterocycles. The van der Waals surface area contributed by atoms with Crippen LogP contribution in [-0.2, 0) is 16.6 Å². The Hall–Kier alpha value is -5.40. The number of nitrogens with zero attached hydrogens (tertiary/aromatic N) is 7. The first-order chi connectivity index (χ1) is 24.7. The lowest BCUT2D eigenvalue weighted by atomic mass is 9.98. The second kappa shape index (κ2) is 17.0. The molecule has 0 bridgehead atoms. The van der Waals surface area contributed by atoms with Crippen LogP contribution in [0.2, 0.25) is 0 Å². The number of carbonyl (C=O) groups is 2. The van der Waals surface area contributed by atoms with Crippen LogP contribution in [0.1, 0.15) is 38.1 Å². The number of aliphatic hydroxyl groups is 1. The van der Waals surface area contributed by atoms with Crippen LogP contribution in [0.5, 0.6) is 5.88 Å². The van der Waals surface area contributed by atoms with Gasteiger partial charge in [0.1, 0.15) is 18.3 Å². The van der Waals surface area contributed by atoms with Crippen LogP contribution in [0, 0.1) is 6.92 Å². The van der Waals surface area contributed by atoms with Gasteiger partial charge in [-0.1, -0.05) is 30.3 Å². The Balaban J connectivity index is 0.000000196. The number of benzene rings is 2. The molecular weight excluding hydrogens is 646 g/mol. The number of pyridine rings is 1. The minimum atomic E-state index is -0.283. The molecule has 0 saturated carbocycles. The van der Waals surface area contributed by atoms with Crippen molar-refractivity contribution in [3.8, 4) is 28.5 Å². The summed E-state index contributed by atoms with van der Waals surface area (Å²) in [5, 5.41) is 25.7. The van der Waals surface area contributed by atoms with Crippen molar-refractivity contribution in [3.63, 3.8) is 0 Å². The van der Waals surface area contributed by atoms with Gasteiger partial charge in [0.05, 0.1) is 24.3 Å². The maximum atomic E-state index is 12.5. The highest BCUT2D eigenvalue weighted by molar-refractivity contribution is 5.94. The number of aryl methyl sites for hydroxylation is 2. The Kier molecular flexibility index (Phi) is 12.3. The first-order valence-electron chi connectivity index (χ1n) is 17.1. The van der Waals surface area contributed by atoms with Crippen molar-refractivity contribution < 1.29 is 19.4 Å². The number of aromatic nitrogens is 6. The predicted octanol–water partition coefficient (Wildman–Crippen LogP) is 4.74. The Labute approximate surface area is 298 Å². The van der Waals surface area contributed by atoms with Gasteiger partial charge < -0.3 is 24.9 Å². The molecule has 1 amide bonds.